The first-order valence-corrected chi connectivity index (χ1v) is 3.72. The van der Waals surface area contributed by atoms with Crippen LogP contribution < -0.4 is 0 Å². The molecule has 13 heavy (non-hydrogen) atoms. The third-order valence-corrected chi connectivity index (χ3v) is 1.65. The third-order valence-electron chi connectivity index (χ3n) is 1.65. The summed E-state index contributed by atoms with van der Waals surface area (Å²) in [5.41, 5.74) is 1.19. The van der Waals surface area contributed by atoms with E-state index in [-0.39, 0.29) is 0 Å². The predicted octanol–water partition coefficient (Wildman–Crippen LogP) is 1.55. The number of hydrogen-bond acceptors (Lipinski definition) is 4. The lowest BCUT2D eigenvalue weighted by atomic mass is 10.1. The van der Waals surface area contributed by atoms with Gasteiger partial charge in [0, 0.05) is 18.0 Å². The first kappa shape index (κ1) is 7.67. The van der Waals surface area contributed by atoms with Crippen molar-refractivity contribution in [2.24, 2.45) is 0 Å². The SMILES string of the molecule is O=Cc1cnoc1-c1cccnc1. The molecule has 2 rings (SSSR count). The van der Waals surface area contributed by atoms with Crippen LogP contribution in [0.2, 0.25) is 0 Å². The summed E-state index contributed by atoms with van der Waals surface area (Å²) in [5, 5.41) is 3.54. The van der Waals surface area contributed by atoms with E-state index in [1.807, 2.05) is 0 Å². The van der Waals surface area contributed by atoms with Crippen molar-refractivity contribution in [2.75, 3.05) is 0 Å². The molecule has 0 amide bonds. The molecule has 2 aromatic rings. The van der Waals surface area contributed by atoms with Gasteiger partial charge in [0.15, 0.2) is 12.0 Å². The molecule has 0 spiro atoms. The molecule has 0 bridgehead atoms. The van der Waals surface area contributed by atoms with Crippen LogP contribution in [-0.2, 0) is 0 Å². The fourth-order valence-electron chi connectivity index (χ4n) is 1.05. The van der Waals surface area contributed by atoms with Gasteiger partial charge in [0.2, 0.25) is 0 Å². The van der Waals surface area contributed by atoms with Gasteiger partial charge >= 0.3 is 0 Å². The Balaban J connectivity index is 2.52. The van der Waals surface area contributed by atoms with Gasteiger partial charge in [-0.1, -0.05) is 5.16 Å². The van der Waals surface area contributed by atoms with Gasteiger partial charge in [-0.05, 0) is 12.1 Å². The van der Waals surface area contributed by atoms with Crippen molar-refractivity contribution in [3.8, 4) is 11.3 Å². The zero-order valence-electron chi connectivity index (χ0n) is 6.68. The summed E-state index contributed by atoms with van der Waals surface area (Å²) in [6, 6.07) is 3.58. The maximum atomic E-state index is 10.5. The number of rotatable bonds is 2. The molecule has 0 aromatic carbocycles. The molecule has 0 unspecified atom stereocenters. The molecule has 4 heteroatoms. The van der Waals surface area contributed by atoms with Gasteiger partial charge in [0.1, 0.15) is 0 Å². The highest BCUT2D eigenvalue weighted by atomic mass is 16.5. The Bertz CT molecular complexity index is 409. The minimum atomic E-state index is 0.438. The second kappa shape index (κ2) is 3.18. The molecular weight excluding hydrogens is 168 g/mol. The fourth-order valence-corrected chi connectivity index (χ4v) is 1.05. The van der Waals surface area contributed by atoms with Gasteiger partial charge in [-0.2, -0.15) is 0 Å². The second-order valence-electron chi connectivity index (χ2n) is 2.47. The molecule has 4 nitrogen and oxygen atoms in total. The summed E-state index contributed by atoms with van der Waals surface area (Å²) in [6.45, 7) is 0. The van der Waals surface area contributed by atoms with Gasteiger partial charge in [0.05, 0.1) is 11.8 Å². The fraction of sp³-hybridized carbons (Fsp3) is 0. The zero-order chi connectivity index (χ0) is 9.10. The average Bonchev–Trinajstić information content (AvgIpc) is 2.67. The van der Waals surface area contributed by atoms with E-state index >= 15 is 0 Å². The van der Waals surface area contributed by atoms with E-state index in [1.54, 1.807) is 24.5 Å². The van der Waals surface area contributed by atoms with E-state index in [1.165, 1.54) is 6.20 Å². The van der Waals surface area contributed by atoms with Crippen LogP contribution in [0.4, 0.5) is 0 Å². The summed E-state index contributed by atoms with van der Waals surface area (Å²) in [5.74, 6) is 0.461. The Morgan fingerprint density at radius 3 is 3.00 bits per heavy atom. The molecule has 0 radical (unpaired) electrons. The monoisotopic (exact) mass is 174 g/mol. The lowest BCUT2D eigenvalue weighted by Gasteiger charge is -1.93. The van der Waals surface area contributed by atoms with Crippen LogP contribution in [-0.4, -0.2) is 16.4 Å². The summed E-state index contributed by atoms with van der Waals surface area (Å²) in [4.78, 5) is 14.5. The number of hydrogen-bond donors (Lipinski definition) is 0. The highest BCUT2D eigenvalue weighted by Crippen LogP contribution is 2.20. The summed E-state index contributed by atoms with van der Waals surface area (Å²) < 4.78 is 4.92. The predicted molar refractivity (Wildman–Crippen MR) is 45.1 cm³/mol. The van der Waals surface area contributed by atoms with Gasteiger partial charge in [-0.25, -0.2) is 0 Å². The van der Waals surface area contributed by atoms with Gasteiger partial charge in [-0.3, -0.25) is 9.78 Å². The quantitative estimate of drug-likeness (QED) is 0.648. The van der Waals surface area contributed by atoms with Crippen molar-refractivity contribution in [3.63, 3.8) is 0 Å². The van der Waals surface area contributed by atoms with Crippen LogP contribution in [0.15, 0.2) is 35.2 Å². The molecule has 2 aromatic heterocycles. The van der Waals surface area contributed by atoms with Crippen LogP contribution in [0.3, 0.4) is 0 Å². The lowest BCUT2D eigenvalue weighted by molar-refractivity contribution is 0.112. The molecule has 0 saturated carbocycles. The maximum Gasteiger partial charge on any atom is 0.178 e. The number of aromatic nitrogens is 2. The Labute approximate surface area is 74.2 Å². The first-order valence-electron chi connectivity index (χ1n) is 3.72. The van der Waals surface area contributed by atoms with Gasteiger partial charge in [0.25, 0.3) is 0 Å². The standard InChI is InChI=1S/C9H6N2O2/c12-6-8-5-11-13-9(8)7-2-1-3-10-4-7/h1-6H. The van der Waals surface area contributed by atoms with E-state index in [2.05, 4.69) is 10.1 Å². The summed E-state index contributed by atoms with van der Waals surface area (Å²) >= 11 is 0. The molecule has 0 N–H and O–H groups in total. The zero-order valence-corrected chi connectivity index (χ0v) is 6.68. The Morgan fingerprint density at radius 1 is 1.38 bits per heavy atom. The largest absolute Gasteiger partial charge is 0.355 e. The average molecular weight is 174 g/mol. The van der Waals surface area contributed by atoms with Crippen molar-refractivity contribution in [2.45, 2.75) is 0 Å². The maximum absolute atomic E-state index is 10.5. The van der Waals surface area contributed by atoms with Crippen molar-refractivity contribution in [3.05, 3.63) is 36.3 Å². The highest BCUT2D eigenvalue weighted by Gasteiger charge is 2.08. The Kier molecular flexibility index (Phi) is 1.88. The second-order valence-corrected chi connectivity index (χ2v) is 2.47. The third kappa shape index (κ3) is 1.33. The van der Waals surface area contributed by atoms with E-state index in [0.29, 0.717) is 17.6 Å². The van der Waals surface area contributed by atoms with Crippen molar-refractivity contribution < 1.29 is 9.32 Å². The van der Waals surface area contributed by atoms with E-state index in [0.717, 1.165) is 5.56 Å². The molecule has 2 heterocycles. The van der Waals surface area contributed by atoms with Crippen molar-refractivity contribution >= 4 is 6.29 Å². The molecule has 0 aliphatic rings. The Morgan fingerprint density at radius 2 is 2.31 bits per heavy atom. The minimum absolute atomic E-state index is 0.438. The number of aldehydes is 1. The normalized spacial score (nSPS) is 9.85. The van der Waals surface area contributed by atoms with Crippen LogP contribution in [0.1, 0.15) is 10.4 Å². The van der Waals surface area contributed by atoms with Crippen molar-refractivity contribution in [1.29, 1.82) is 0 Å². The molecule has 64 valence electrons. The molecular formula is C9H6N2O2. The molecule has 0 saturated heterocycles. The van der Waals surface area contributed by atoms with Gasteiger partial charge < -0.3 is 4.52 Å². The van der Waals surface area contributed by atoms with Crippen molar-refractivity contribution in [1.82, 2.24) is 10.1 Å². The van der Waals surface area contributed by atoms with Crippen LogP contribution in [0, 0.1) is 0 Å². The summed E-state index contributed by atoms with van der Waals surface area (Å²) in [7, 11) is 0. The lowest BCUT2D eigenvalue weighted by Crippen LogP contribution is -1.81. The number of carbonyl (C=O) groups excluding carboxylic acids is 1. The first-order chi connectivity index (χ1) is 6.42. The molecule has 0 atom stereocenters. The smallest absolute Gasteiger partial charge is 0.178 e. The van der Waals surface area contributed by atoms with E-state index < -0.39 is 0 Å². The van der Waals surface area contributed by atoms with Gasteiger partial charge in [-0.15, -0.1) is 0 Å². The summed E-state index contributed by atoms with van der Waals surface area (Å²) in [6.07, 6.45) is 5.36. The number of carbonyl (C=O) groups is 1. The molecule has 0 aliphatic carbocycles. The Hall–Kier alpha value is -1.97. The van der Waals surface area contributed by atoms with Crippen LogP contribution >= 0.6 is 0 Å². The van der Waals surface area contributed by atoms with E-state index in [4.69, 9.17) is 4.52 Å². The topological polar surface area (TPSA) is 56.0 Å². The van der Waals surface area contributed by atoms with Crippen LogP contribution in [0.25, 0.3) is 11.3 Å². The van der Waals surface area contributed by atoms with Crippen LogP contribution in [0.5, 0.6) is 0 Å². The minimum Gasteiger partial charge on any atom is -0.355 e. The molecule has 0 aliphatic heterocycles. The molecule has 0 fully saturated rings. The number of nitrogens with zero attached hydrogens (tertiary/aromatic N) is 2. The number of pyridine rings is 1. The highest BCUT2D eigenvalue weighted by molar-refractivity contribution is 5.83. The van der Waals surface area contributed by atoms with E-state index in [9.17, 15) is 4.79 Å².